The zero-order valence-corrected chi connectivity index (χ0v) is 11.9. The molecular formula is C14H21NO2S. The van der Waals surface area contributed by atoms with E-state index in [1.807, 2.05) is 38.1 Å². The Bertz CT molecular complexity index is 502. The molecule has 1 rings (SSSR count). The van der Waals surface area contributed by atoms with Crippen LogP contribution in [0.2, 0.25) is 0 Å². The van der Waals surface area contributed by atoms with E-state index in [0.717, 1.165) is 0 Å². The lowest BCUT2D eigenvalue weighted by molar-refractivity contribution is 0.177. The lowest BCUT2D eigenvalue weighted by atomic mass is 10.2. The molecular weight excluding hydrogens is 246 g/mol. The van der Waals surface area contributed by atoms with E-state index in [1.54, 1.807) is 25.3 Å². The third-order valence-electron chi connectivity index (χ3n) is 2.90. The highest BCUT2D eigenvalue weighted by atomic mass is 32.2. The van der Waals surface area contributed by atoms with Crippen LogP contribution in [0.3, 0.4) is 0 Å². The number of nitrogens with zero attached hydrogens (tertiary/aromatic N) is 1. The van der Waals surface area contributed by atoms with Crippen molar-refractivity contribution in [2.24, 2.45) is 4.36 Å². The van der Waals surface area contributed by atoms with Crippen molar-refractivity contribution in [2.45, 2.75) is 36.5 Å². The van der Waals surface area contributed by atoms with Crippen LogP contribution in [0.1, 0.15) is 20.3 Å². The highest BCUT2D eigenvalue weighted by Crippen LogP contribution is 2.23. The van der Waals surface area contributed by atoms with E-state index in [9.17, 15) is 9.32 Å². The molecule has 0 spiro atoms. The summed E-state index contributed by atoms with van der Waals surface area (Å²) in [6.45, 7) is 3.73. The van der Waals surface area contributed by atoms with Crippen molar-refractivity contribution in [3.05, 3.63) is 42.5 Å². The van der Waals surface area contributed by atoms with Gasteiger partial charge in [0.2, 0.25) is 0 Å². The second-order valence-corrected chi connectivity index (χ2v) is 6.55. The summed E-state index contributed by atoms with van der Waals surface area (Å²) in [5.41, 5.74) is 0. The molecule has 3 nitrogen and oxygen atoms in total. The lowest BCUT2D eigenvalue weighted by Crippen LogP contribution is -2.32. The fraction of sp³-hybridized carbons (Fsp3) is 0.429. The van der Waals surface area contributed by atoms with Crippen LogP contribution < -0.4 is 0 Å². The minimum atomic E-state index is -2.63. The Morgan fingerprint density at radius 2 is 2.00 bits per heavy atom. The molecule has 0 unspecified atom stereocenters. The van der Waals surface area contributed by atoms with Gasteiger partial charge < -0.3 is 5.11 Å². The smallest absolute Gasteiger partial charge is 0.0913 e. The van der Waals surface area contributed by atoms with Gasteiger partial charge in [-0.15, -0.1) is 0 Å². The highest BCUT2D eigenvalue weighted by Gasteiger charge is 2.28. The maximum Gasteiger partial charge on any atom is 0.0913 e. The first-order valence-electron chi connectivity index (χ1n) is 6.10. The largest absolute Gasteiger partial charge is 0.392 e. The van der Waals surface area contributed by atoms with Gasteiger partial charge in [0, 0.05) is 11.9 Å². The fourth-order valence-electron chi connectivity index (χ4n) is 1.87. The predicted molar refractivity (Wildman–Crippen MR) is 76.1 cm³/mol. The molecule has 0 bridgehead atoms. The van der Waals surface area contributed by atoms with Gasteiger partial charge >= 0.3 is 0 Å². The summed E-state index contributed by atoms with van der Waals surface area (Å²) in [5, 5.41) is 9.61. The molecule has 18 heavy (non-hydrogen) atoms. The second-order valence-electron chi connectivity index (χ2n) is 4.03. The molecule has 0 radical (unpaired) electrons. The van der Waals surface area contributed by atoms with Gasteiger partial charge in [0.15, 0.2) is 0 Å². The molecule has 3 atom stereocenters. The molecule has 0 saturated heterocycles. The Balaban J connectivity index is 3.34. The number of hydrogen-bond donors (Lipinski definition) is 1. The lowest BCUT2D eigenvalue weighted by Gasteiger charge is -2.22. The van der Waals surface area contributed by atoms with Crippen LogP contribution in [0.5, 0.6) is 0 Å². The van der Waals surface area contributed by atoms with Crippen LogP contribution in [-0.2, 0) is 9.73 Å². The minimum absolute atomic E-state index is 0.472. The van der Waals surface area contributed by atoms with Crippen LogP contribution in [-0.4, -0.2) is 27.7 Å². The van der Waals surface area contributed by atoms with Gasteiger partial charge in [-0.2, -0.15) is 0 Å². The normalized spacial score (nSPS) is 18.2. The Kier molecular flexibility index (Phi) is 5.56. The number of rotatable bonds is 5. The molecule has 0 aliphatic heterocycles. The van der Waals surface area contributed by atoms with Crippen molar-refractivity contribution < 1.29 is 9.32 Å². The highest BCUT2D eigenvalue weighted by molar-refractivity contribution is 7.94. The summed E-state index contributed by atoms with van der Waals surface area (Å²) in [6, 6.07) is 9.15. The minimum Gasteiger partial charge on any atom is -0.392 e. The van der Waals surface area contributed by atoms with Crippen molar-refractivity contribution in [3.63, 3.8) is 0 Å². The van der Waals surface area contributed by atoms with Gasteiger partial charge in [-0.05, 0) is 25.5 Å². The molecule has 1 aromatic rings. The fourth-order valence-corrected chi connectivity index (χ4v) is 4.17. The number of aliphatic hydroxyl groups is 1. The molecule has 1 N–H and O–H groups in total. The van der Waals surface area contributed by atoms with E-state index in [0.29, 0.717) is 11.3 Å². The number of benzene rings is 1. The summed E-state index contributed by atoms with van der Waals surface area (Å²) in [6.07, 6.45) is 3.50. The molecule has 0 aliphatic carbocycles. The van der Waals surface area contributed by atoms with Crippen molar-refractivity contribution in [1.29, 1.82) is 0 Å². The average Bonchev–Trinajstić information content (AvgIpc) is 2.44. The third-order valence-corrected chi connectivity index (χ3v) is 5.60. The Labute approximate surface area is 110 Å². The van der Waals surface area contributed by atoms with E-state index in [4.69, 9.17) is 0 Å². The Morgan fingerprint density at radius 1 is 1.39 bits per heavy atom. The van der Waals surface area contributed by atoms with Crippen LogP contribution in [0.15, 0.2) is 51.7 Å². The van der Waals surface area contributed by atoms with Gasteiger partial charge in [0.05, 0.1) is 21.1 Å². The SMILES string of the molecule is C/C=C/[C@H]([C@H](O)CC)[S@](=O)(=NC)c1ccccc1. The summed E-state index contributed by atoms with van der Waals surface area (Å²) in [4.78, 5) is 0.670. The van der Waals surface area contributed by atoms with Crippen molar-refractivity contribution in [1.82, 2.24) is 0 Å². The van der Waals surface area contributed by atoms with Gasteiger partial charge in [0.25, 0.3) is 0 Å². The molecule has 1 aromatic carbocycles. The van der Waals surface area contributed by atoms with Gasteiger partial charge in [-0.3, -0.25) is 0 Å². The molecule has 0 aliphatic rings. The molecule has 0 saturated carbocycles. The Hall–Kier alpha value is -1.13. The van der Waals surface area contributed by atoms with Crippen molar-refractivity contribution in [2.75, 3.05) is 7.05 Å². The second kappa shape index (κ2) is 6.71. The first kappa shape index (κ1) is 14.9. The van der Waals surface area contributed by atoms with E-state index >= 15 is 0 Å². The standard InChI is InChI=1S/C14H21NO2S/c1-4-9-14(13(16)5-2)18(17,15-3)12-10-7-6-8-11-12/h4,6-11,13-14,16H,5H2,1-3H3/b9-4+/t13-,14-,18+/m1/s1. The zero-order valence-electron chi connectivity index (χ0n) is 11.1. The molecule has 0 heterocycles. The monoisotopic (exact) mass is 267 g/mol. The van der Waals surface area contributed by atoms with E-state index in [2.05, 4.69) is 4.36 Å². The van der Waals surface area contributed by atoms with Crippen LogP contribution in [0, 0.1) is 0 Å². The molecule has 100 valence electrons. The van der Waals surface area contributed by atoms with Crippen LogP contribution in [0.25, 0.3) is 0 Å². The zero-order chi connectivity index (χ0) is 13.6. The summed E-state index contributed by atoms with van der Waals surface area (Å²) in [7, 11) is -1.08. The number of allylic oxidation sites excluding steroid dienone is 1. The van der Waals surface area contributed by atoms with Crippen molar-refractivity contribution >= 4 is 9.73 Å². The summed E-state index contributed by atoms with van der Waals surface area (Å²) < 4.78 is 17.2. The Morgan fingerprint density at radius 3 is 2.44 bits per heavy atom. The summed E-state index contributed by atoms with van der Waals surface area (Å²) >= 11 is 0. The van der Waals surface area contributed by atoms with Crippen LogP contribution in [0.4, 0.5) is 0 Å². The van der Waals surface area contributed by atoms with E-state index < -0.39 is 21.1 Å². The van der Waals surface area contributed by atoms with Gasteiger partial charge in [-0.25, -0.2) is 8.57 Å². The van der Waals surface area contributed by atoms with Crippen LogP contribution >= 0.6 is 0 Å². The average molecular weight is 267 g/mol. The number of hydrogen-bond acceptors (Lipinski definition) is 3. The third kappa shape index (κ3) is 3.00. The van der Waals surface area contributed by atoms with Crippen molar-refractivity contribution in [3.8, 4) is 0 Å². The maximum atomic E-state index is 13.1. The van der Waals surface area contributed by atoms with E-state index in [-0.39, 0.29) is 0 Å². The maximum absolute atomic E-state index is 13.1. The van der Waals surface area contributed by atoms with Gasteiger partial charge in [0.1, 0.15) is 0 Å². The predicted octanol–water partition coefficient (Wildman–Crippen LogP) is 2.86. The van der Waals surface area contributed by atoms with E-state index in [1.165, 1.54) is 0 Å². The molecule has 0 fully saturated rings. The first-order valence-corrected chi connectivity index (χ1v) is 7.68. The quantitative estimate of drug-likeness (QED) is 0.834. The van der Waals surface area contributed by atoms with Gasteiger partial charge in [-0.1, -0.05) is 37.3 Å². The molecule has 0 amide bonds. The number of aliphatic hydroxyl groups excluding tert-OH is 1. The first-order chi connectivity index (χ1) is 8.60. The summed E-state index contributed by atoms with van der Waals surface area (Å²) in [5.74, 6) is 0. The topological polar surface area (TPSA) is 49.7 Å². The molecule has 4 heteroatoms. The molecule has 0 aromatic heterocycles.